The van der Waals surface area contributed by atoms with E-state index in [9.17, 15) is 4.79 Å². The number of hydrogen-bond donors (Lipinski definition) is 2. The average Bonchev–Trinajstić information content (AvgIpc) is 2.78. The van der Waals surface area contributed by atoms with Crippen LogP contribution in [0.25, 0.3) is 0 Å². The van der Waals surface area contributed by atoms with Gasteiger partial charge in [-0.2, -0.15) is 0 Å². The number of carbonyl (C=O) groups is 1. The van der Waals surface area contributed by atoms with Crippen LogP contribution in [0.15, 0.2) is 18.6 Å². The first kappa shape index (κ1) is 13.3. The highest BCUT2D eigenvalue weighted by atomic mass is 35.5. The lowest BCUT2D eigenvalue weighted by Gasteiger charge is -2.07. The van der Waals surface area contributed by atoms with Gasteiger partial charge in [0.2, 0.25) is 0 Å². The first-order valence-corrected chi connectivity index (χ1v) is 5.98. The maximum Gasteiger partial charge on any atom is 0.253 e. The number of anilines is 1. The number of nitrogens with two attached hydrogens (primary N) is 1. The van der Waals surface area contributed by atoms with E-state index in [0.717, 1.165) is 5.82 Å². The Labute approximate surface area is 114 Å². The SMILES string of the molecule is Cn1cnnc1CCNC(=O)c1cc(Cl)ncc1N. The van der Waals surface area contributed by atoms with Crippen molar-refractivity contribution < 1.29 is 4.79 Å². The zero-order valence-corrected chi connectivity index (χ0v) is 11.1. The van der Waals surface area contributed by atoms with Crippen LogP contribution in [0.5, 0.6) is 0 Å². The second kappa shape index (κ2) is 5.66. The molecule has 0 radical (unpaired) electrons. The molecule has 0 aliphatic carbocycles. The molecule has 0 saturated carbocycles. The van der Waals surface area contributed by atoms with E-state index in [2.05, 4.69) is 20.5 Å². The zero-order valence-electron chi connectivity index (χ0n) is 10.3. The summed E-state index contributed by atoms with van der Waals surface area (Å²) in [4.78, 5) is 15.7. The van der Waals surface area contributed by atoms with Crippen molar-refractivity contribution >= 4 is 23.2 Å². The van der Waals surface area contributed by atoms with Gasteiger partial charge in [0.1, 0.15) is 17.3 Å². The van der Waals surface area contributed by atoms with Crippen LogP contribution in [0, 0.1) is 0 Å². The minimum atomic E-state index is -0.288. The fourth-order valence-electron chi connectivity index (χ4n) is 1.55. The Balaban J connectivity index is 1.94. The quantitative estimate of drug-likeness (QED) is 0.791. The standard InChI is InChI=1S/C11H13ClN6O/c1-18-6-16-17-10(18)2-3-14-11(19)7-4-9(12)15-5-8(7)13/h4-6H,2-3,13H2,1H3,(H,14,19). The summed E-state index contributed by atoms with van der Waals surface area (Å²) in [5.74, 6) is 0.505. The number of pyridine rings is 1. The Morgan fingerprint density at radius 2 is 2.37 bits per heavy atom. The van der Waals surface area contributed by atoms with Crippen LogP contribution in [0.4, 0.5) is 5.69 Å². The highest BCUT2D eigenvalue weighted by molar-refractivity contribution is 6.29. The molecular weight excluding hydrogens is 268 g/mol. The van der Waals surface area contributed by atoms with Crippen molar-refractivity contribution in [3.05, 3.63) is 35.1 Å². The lowest BCUT2D eigenvalue weighted by Crippen LogP contribution is -2.27. The van der Waals surface area contributed by atoms with Gasteiger partial charge < -0.3 is 15.6 Å². The summed E-state index contributed by atoms with van der Waals surface area (Å²) in [6.07, 6.45) is 3.55. The van der Waals surface area contributed by atoms with E-state index in [1.54, 1.807) is 10.9 Å². The molecule has 0 aromatic carbocycles. The predicted molar refractivity (Wildman–Crippen MR) is 70.7 cm³/mol. The van der Waals surface area contributed by atoms with Crippen LogP contribution in [0.3, 0.4) is 0 Å². The summed E-state index contributed by atoms with van der Waals surface area (Å²) in [6.45, 7) is 0.435. The number of nitrogens with one attached hydrogen (secondary N) is 1. The van der Waals surface area contributed by atoms with Crippen molar-refractivity contribution in [3.8, 4) is 0 Å². The number of aromatic nitrogens is 4. The molecule has 0 unspecified atom stereocenters. The lowest BCUT2D eigenvalue weighted by molar-refractivity contribution is 0.0954. The zero-order chi connectivity index (χ0) is 13.8. The van der Waals surface area contributed by atoms with E-state index in [4.69, 9.17) is 17.3 Å². The Hall–Kier alpha value is -2.15. The second-order valence-electron chi connectivity index (χ2n) is 3.96. The molecule has 1 amide bonds. The molecule has 19 heavy (non-hydrogen) atoms. The minimum absolute atomic E-state index is 0.229. The fourth-order valence-corrected chi connectivity index (χ4v) is 1.71. The molecule has 100 valence electrons. The topological polar surface area (TPSA) is 98.7 Å². The molecule has 8 heteroatoms. The van der Waals surface area contributed by atoms with Gasteiger partial charge in [0.25, 0.3) is 5.91 Å². The number of carbonyl (C=O) groups excluding carboxylic acids is 1. The van der Waals surface area contributed by atoms with Crippen LogP contribution in [-0.4, -0.2) is 32.2 Å². The molecule has 3 N–H and O–H groups in total. The largest absolute Gasteiger partial charge is 0.397 e. The third-order valence-electron chi connectivity index (χ3n) is 2.59. The molecule has 0 aliphatic heterocycles. The molecule has 2 heterocycles. The highest BCUT2D eigenvalue weighted by Crippen LogP contribution is 2.14. The summed E-state index contributed by atoms with van der Waals surface area (Å²) in [5, 5.41) is 10.7. The van der Waals surface area contributed by atoms with E-state index < -0.39 is 0 Å². The van der Waals surface area contributed by atoms with Gasteiger partial charge in [-0.25, -0.2) is 4.98 Å². The van der Waals surface area contributed by atoms with Gasteiger partial charge in [0.05, 0.1) is 17.4 Å². The van der Waals surface area contributed by atoms with E-state index in [1.165, 1.54) is 12.3 Å². The Bertz CT molecular complexity index is 597. The van der Waals surface area contributed by atoms with Crippen molar-refractivity contribution in [2.75, 3.05) is 12.3 Å². The van der Waals surface area contributed by atoms with Crippen LogP contribution in [0.1, 0.15) is 16.2 Å². The van der Waals surface area contributed by atoms with Crippen molar-refractivity contribution in [3.63, 3.8) is 0 Å². The van der Waals surface area contributed by atoms with E-state index in [0.29, 0.717) is 24.2 Å². The highest BCUT2D eigenvalue weighted by Gasteiger charge is 2.11. The van der Waals surface area contributed by atoms with E-state index >= 15 is 0 Å². The van der Waals surface area contributed by atoms with Gasteiger partial charge in [-0.1, -0.05) is 11.6 Å². The van der Waals surface area contributed by atoms with E-state index in [1.807, 2.05) is 7.05 Å². The third kappa shape index (κ3) is 3.19. The number of halogens is 1. The smallest absolute Gasteiger partial charge is 0.253 e. The van der Waals surface area contributed by atoms with Crippen molar-refractivity contribution in [1.82, 2.24) is 25.1 Å². The number of nitrogens with zero attached hydrogens (tertiary/aromatic N) is 4. The number of amides is 1. The average molecular weight is 281 g/mol. The van der Waals surface area contributed by atoms with Crippen molar-refractivity contribution in [2.24, 2.45) is 7.05 Å². The lowest BCUT2D eigenvalue weighted by atomic mass is 10.2. The molecule has 7 nitrogen and oxygen atoms in total. The van der Waals surface area contributed by atoms with Crippen LogP contribution >= 0.6 is 11.6 Å². The Morgan fingerprint density at radius 1 is 1.58 bits per heavy atom. The molecule has 0 spiro atoms. The van der Waals surface area contributed by atoms with Gasteiger partial charge in [0, 0.05) is 20.0 Å². The van der Waals surface area contributed by atoms with Gasteiger partial charge in [-0.15, -0.1) is 10.2 Å². The number of aryl methyl sites for hydroxylation is 1. The number of hydrogen-bond acceptors (Lipinski definition) is 5. The van der Waals surface area contributed by atoms with Gasteiger partial charge in [0.15, 0.2) is 0 Å². The normalized spacial score (nSPS) is 10.4. The van der Waals surface area contributed by atoms with Gasteiger partial charge in [-0.3, -0.25) is 4.79 Å². The summed E-state index contributed by atoms with van der Waals surface area (Å²) in [5.41, 5.74) is 6.28. The molecular formula is C11H13ClN6O. The molecule has 0 aliphatic rings. The fraction of sp³-hybridized carbons (Fsp3) is 0.273. The van der Waals surface area contributed by atoms with Crippen LogP contribution in [0.2, 0.25) is 5.15 Å². The van der Waals surface area contributed by atoms with Crippen molar-refractivity contribution in [1.29, 1.82) is 0 Å². The predicted octanol–water partition coefficient (Wildman–Crippen LogP) is 0.418. The molecule has 2 aromatic heterocycles. The first-order valence-electron chi connectivity index (χ1n) is 5.60. The van der Waals surface area contributed by atoms with Crippen LogP contribution in [-0.2, 0) is 13.5 Å². The van der Waals surface area contributed by atoms with Crippen molar-refractivity contribution in [2.45, 2.75) is 6.42 Å². The summed E-state index contributed by atoms with van der Waals surface area (Å²) in [6, 6.07) is 1.44. The summed E-state index contributed by atoms with van der Waals surface area (Å²) < 4.78 is 1.80. The third-order valence-corrected chi connectivity index (χ3v) is 2.79. The summed E-state index contributed by atoms with van der Waals surface area (Å²) >= 11 is 5.73. The maximum atomic E-state index is 11.9. The molecule has 0 atom stereocenters. The Kier molecular flexibility index (Phi) is 3.96. The number of rotatable bonds is 4. The molecule has 2 rings (SSSR count). The summed E-state index contributed by atoms with van der Waals surface area (Å²) in [7, 11) is 1.85. The second-order valence-corrected chi connectivity index (χ2v) is 4.35. The monoisotopic (exact) mass is 280 g/mol. The molecule has 0 bridgehead atoms. The molecule has 2 aromatic rings. The molecule has 0 fully saturated rings. The maximum absolute atomic E-state index is 11.9. The molecule has 0 saturated heterocycles. The van der Waals surface area contributed by atoms with E-state index in [-0.39, 0.29) is 11.1 Å². The van der Waals surface area contributed by atoms with Gasteiger partial charge in [-0.05, 0) is 6.07 Å². The Morgan fingerprint density at radius 3 is 3.05 bits per heavy atom. The van der Waals surface area contributed by atoms with Crippen LogP contribution < -0.4 is 11.1 Å². The number of nitrogen functional groups attached to an aromatic ring is 1. The van der Waals surface area contributed by atoms with Gasteiger partial charge >= 0.3 is 0 Å². The minimum Gasteiger partial charge on any atom is -0.397 e. The first-order chi connectivity index (χ1) is 9.08.